The van der Waals surface area contributed by atoms with Gasteiger partial charge in [0.2, 0.25) is 10.0 Å². The third-order valence-electron chi connectivity index (χ3n) is 4.09. The third kappa shape index (κ3) is 5.18. The molecule has 1 fully saturated rings. The first-order valence-electron chi connectivity index (χ1n) is 7.67. The maximum absolute atomic E-state index is 11.7. The van der Waals surface area contributed by atoms with Crippen LogP contribution in [0.15, 0.2) is 24.3 Å². The molecule has 1 aromatic rings. The molecule has 1 heterocycles. The van der Waals surface area contributed by atoms with Crippen LogP contribution in [0, 0.1) is 0 Å². The van der Waals surface area contributed by atoms with Gasteiger partial charge >= 0.3 is 5.97 Å². The van der Waals surface area contributed by atoms with Gasteiger partial charge in [-0.05, 0) is 24.6 Å². The Morgan fingerprint density at radius 3 is 2.52 bits per heavy atom. The fraction of sp³-hybridized carbons (Fsp3) is 0.438. The number of benzene rings is 1. The van der Waals surface area contributed by atoms with Crippen molar-refractivity contribution in [2.45, 2.75) is 13.0 Å². The number of carboxylic acid groups (broad SMARTS) is 1. The standard InChI is InChI=1S/C16H20Cl2N2O4S/c1-11-10-19(7-8-20(11)25(2,23)24)6-5-13(16(21)22)12-3-4-14(17)15(18)9-12/h3-5,9,11H,6-8,10H2,1-2H3,(H,21,22)/b13-5-/t11-/m1/s1. The van der Waals surface area contributed by atoms with E-state index in [1.54, 1.807) is 18.2 Å². The van der Waals surface area contributed by atoms with Gasteiger partial charge in [0.15, 0.2) is 0 Å². The van der Waals surface area contributed by atoms with Crippen LogP contribution in [0.2, 0.25) is 10.0 Å². The molecular weight excluding hydrogens is 387 g/mol. The van der Waals surface area contributed by atoms with Crippen molar-refractivity contribution in [1.82, 2.24) is 9.21 Å². The molecule has 1 atom stereocenters. The fourth-order valence-corrected chi connectivity index (χ4v) is 4.32. The van der Waals surface area contributed by atoms with Crippen LogP contribution in [0.5, 0.6) is 0 Å². The molecule has 0 aliphatic carbocycles. The summed E-state index contributed by atoms with van der Waals surface area (Å²) in [5, 5.41) is 10.1. The Hall–Kier alpha value is -1.12. The molecule has 0 amide bonds. The summed E-state index contributed by atoms with van der Waals surface area (Å²) in [7, 11) is -3.23. The van der Waals surface area contributed by atoms with Gasteiger partial charge in [0.05, 0.1) is 21.9 Å². The SMILES string of the molecule is C[C@@H]1CN(C/C=C(\C(=O)O)c2ccc(Cl)c(Cl)c2)CCN1S(C)(=O)=O. The highest BCUT2D eigenvalue weighted by Gasteiger charge is 2.29. The lowest BCUT2D eigenvalue weighted by molar-refractivity contribution is -0.130. The summed E-state index contributed by atoms with van der Waals surface area (Å²) < 4.78 is 24.9. The summed E-state index contributed by atoms with van der Waals surface area (Å²) in [5.74, 6) is -1.05. The average molecular weight is 407 g/mol. The van der Waals surface area contributed by atoms with E-state index in [1.165, 1.54) is 16.6 Å². The van der Waals surface area contributed by atoms with Crippen molar-refractivity contribution in [3.8, 4) is 0 Å². The van der Waals surface area contributed by atoms with Gasteiger partial charge in [-0.25, -0.2) is 13.2 Å². The third-order valence-corrected chi connectivity index (χ3v) is 6.22. The molecule has 1 aromatic carbocycles. The van der Waals surface area contributed by atoms with Crippen LogP contribution in [0.4, 0.5) is 0 Å². The highest BCUT2D eigenvalue weighted by atomic mass is 35.5. The first-order valence-corrected chi connectivity index (χ1v) is 10.3. The second-order valence-electron chi connectivity index (χ2n) is 6.03. The fourth-order valence-electron chi connectivity index (χ4n) is 2.89. The van der Waals surface area contributed by atoms with Crippen LogP contribution in [0.1, 0.15) is 12.5 Å². The molecule has 0 spiro atoms. The molecule has 1 N–H and O–H groups in total. The van der Waals surface area contributed by atoms with E-state index in [9.17, 15) is 18.3 Å². The van der Waals surface area contributed by atoms with E-state index in [-0.39, 0.29) is 11.6 Å². The van der Waals surface area contributed by atoms with Crippen molar-refractivity contribution in [1.29, 1.82) is 0 Å². The predicted molar refractivity (Wildman–Crippen MR) is 99.5 cm³/mol. The van der Waals surface area contributed by atoms with Crippen LogP contribution >= 0.6 is 23.2 Å². The van der Waals surface area contributed by atoms with Crippen LogP contribution in [0.25, 0.3) is 5.57 Å². The summed E-state index contributed by atoms with van der Waals surface area (Å²) in [6.45, 7) is 3.72. The van der Waals surface area contributed by atoms with E-state index in [2.05, 4.69) is 0 Å². The molecule has 0 saturated carbocycles. The molecule has 0 bridgehead atoms. The summed E-state index contributed by atoms with van der Waals surface area (Å²) >= 11 is 11.8. The number of sulfonamides is 1. The highest BCUT2D eigenvalue weighted by molar-refractivity contribution is 7.88. The summed E-state index contributed by atoms with van der Waals surface area (Å²) in [6.07, 6.45) is 2.82. The number of nitrogens with zero attached hydrogens (tertiary/aromatic N) is 2. The molecule has 1 saturated heterocycles. The van der Waals surface area contributed by atoms with Crippen LogP contribution in [-0.4, -0.2) is 67.2 Å². The Kier molecular flexibility index (Phi) is 6.51. The van der Waals surface area contributed by atoms with E-state index in [0.29, 0.717) is 41.8 Å². The van der Waals surface area contributed by atoms with Crippen molar-refractivity contribution < 1.29 is 18.3 Å². The second-order valence-corrected chi connectivity index (χ2v) is 8.78. The number of halogens is 2. The number of rotatable bonds is 5. The number of aliphatic carboxylic acids is 1. The van der Waals surface area contributed by atoms with Crippen molar-refractivity contribution in [3.63, 3.8) is 0 Å². The van der Waals surface area contributed by atoms with Crippen LogP contribution in [-0.2, 0) is 14.8 Å². The number of carboxylic acids is 1. The smallest absolute Gasteiger partial charge is 0.336 e. The molecule has 9 heteroatoms. The zero-order valence-corrected chi connectivity index (χ0v) is 16.3. The Morgan fingerprint density at radius 1 is 1.32 bits per heavy atom. The molecular formula is C16H20Cl2N2O4S. The van der Waals surface area contributed by atoms with Crippen LogP contribution in [0.3, 0.4) is 0 Å². The highest BCUT2D eigenvalue weighted by Crippen LogP contribution is 2.26. The van der Waals surface area contributed by atoms with E-state index < -0.39 is 16.0 Å². The van der Waals surface area contributed by atoms with Crippen molar-refractivity contribution in [2.75, 3.05) is 32.4 Å². The summed E-state index contributed by atoms with van der Waals surface area (Å²) in [6, 6.07) is 4.53. The monoisotopic (exact) mass is 406 g/mol. The molecule has 138 valence electrons. The second kappa shape index (κ2) is 8.05. The number of hydrogen-bond acceptors (Lipinski definition) is 4. The largest absolute Gasteiger partial charge is 0.478 e. The summed E-state index contributed by atoms with van der Waals surface area (Å²) in [5.41, 5.74) is 0.612. The minimum absolute atomic E-state index is 0.136. The van der Waals surface area contributed by atoms with Crippen LogP contribution < -0.4 is 0 Å². The molecule has 6 nitrogen and oxygen atoms in total. The summed E-state index contributed by atoms with van der Waals surface area (Å²) in [4.78, 5) is 13.6. The first kappa shape index (κ1) is 20.2. The Morgan fingerprint density at radius 2 is 2.00 bits per heavy atom. The van der Waals surface area contributed by atoms with Crippen molar-refractivity contribution in [3.05, 3.63) is 39.9 Å². The van der Waals surface area contributed by atoms with Gasteiger partial charge < -0.3 is 5.11 Å². The number of hydrogen-bond donors (Lipinski definition) is 1. The van der Waals surface area contributed by atoms with Gasteiger partial charge in [-0.1, -0.05) is 35.3 Å². The Bertz CT molecular complexity index is 795. The van der Waals surface area contributed by atoms with E-state index in [1.807, 2.05) is 11.8 Å². The lowest BCUT2D eigenvalue weighted by Gasteiger charge is -2.37. The van der Waals surface area contributed by atoms with Gasteiger partial charge in [-0.15, -0.1) is 0 Å². The van der Waals surface area contributed by atoms with Crippen molar-refractivity contribution >= 4 is 44.8 Å². The van der Waals surface area contributed by atoms with Gasteiger partial charge in [-0.3, -0.25) is 4.90 Å². The van der Waals surface area contributed by atoms with E-state index >= 15 is 0 Å². The van der Waals surface area contributed by atoms with E-state index in [4.69, 9.17) is 23.2 Å². The zero-order chi connectivity index (χ0) is 18.8. The average Bonchev–Trinajstić information content (AvgIpc) is 2.49. The minimum atomic E-state index is -3.23. The van der Waals surface area contributed by atoms with Gasteiger partial charge in [0.25, 0.3) is 0 Å². The maximum Gasteiger partial charge on any atom is 0.336 e. The maximum atomic E-state index is 11.7. The molecule has 1 aliphatic rings. The van der Waals surface area contributed by atoms with Gasteiger partial charge in [-0.2, -0.15) is 4.31 Å². The normalized spacial score (nSPS) is 20.6. The Balaban J connectivity index is 2.13. The predicted octanol–water partition coefficient (Wildman–Crippen LogP) is 2.43. The zero-order valence-electron chi connectivity index (χ0n) is 13.9. The van der Waals surface area contributed by atoms with Crippen molar-refractivity contribution in [2.24, 2.45) is 0 Å². The molecule has 0 radical (unpaired) electrons. The molecule has 2 rings (SSSR count). The molecule has 1 aliphatic heterocycles. The quantitative estimate of drug-likeness (QED) is 0.759. The van der Waals surface area contributed by atoms with Gasteiger partial charge in [0, 0.05) is 32.2 Å². The molecule has 0 aromatic heterocycles. The minimum Gasteiger partial charge on any atom is -0.478 e. The van der Waals surface area contributed by atoms with Gasteiger partial charge in [0.1, 0.15) is 0 Å². The lowest BCUT2D eigenvalue weighted by atomic mass is 10.1. The molecule has 0 unspecified atom stereocenters. The van der Waals surface area contributed by atoms with E-state index in [0.717, 1.165) is 0 Å². The lowest BCUT2D eigenvalue weighted by Crippen LogP contribution is -2.53. The first-order chi connectivity index (χ1) is 11.6. The molecule has 25 heavy (non-hydrogen) atoms. The number of carbonyl (C=O) groups is 1. The Labute approximate surface area is 157 Å². The number of piperazine rings is 1. The topological polar surface area (TPSA) is 77.9 Å².